The van der Waals surface area contributed by atoms with Crippen LogP contribution in [0.2, 0.25) is 0 Å². The molecular weight excluding hydrogens is 264 g/mol. The summed E-state index contributed by atoms with van der Waals surface area (Å²) in [5.41, 5.74) is 11.5. The monoisotopic (exact) mass is 288 g/mol. The Labute approximate surface area is 126 Å². The Morgan fingerprint density at radius 3 is 2.35 bits per heavy atom. The molecule has 1 aromatic carbocycles. The second kappa shape index (κ2) is 6.53. The second-order valence-electron chi connectivity index (χ2n) is 5.56. The van der Waals surface area contributed by atoms with E-state index < -0.39 is 0 Å². The van der Waals surface area contributed by atoms with Gasteiger partial charge in [-0.3, -0.25) is 4.90 Å². The Morgan fingerprint density at radius 2 is 1.85 bits per heavy atom. The highest BCUT2D eigenvalue weighted by Gasteiger charge is 2.20. The van der Waals surface area contributed by atoms with E-state index in [-0.39, 0.29) is 6.04 Å². The highest BCUT2D eigenvalue weighted by Crippen LogP contribution is 2.28. The van der Waals surface area contributed by atoms with Gasteiger partial charge in [-0.1, -0.05) is 23.8 Å². The number of benzene rings is 1. The lowest BCUT2D eigenvalue weighted by Crippen LogP contribution is -2.31. The summed E-state index contributed by atoms with van der Waals surface area (Å²) in [6, 6.07) is 9.07. The average Bonchev–Trinajstić information content (AvgIpc) is 2.86. The summed E-state index contributed by atoms with van der Waals surface area (Å²) in [6.07, 6.45) is 0. The number of hydrogen-bond donors (Lipinski definition) is 1. The molecule has 0 aliphatic heterocycles. The largest absolute Gasteiger partial charge is 0.329 e. The molecule has 1 atom stereocenters. The number of rotatable bonds is 5. The molecular formula is C17H24N2S. The second-order valence-corrected chi connectivity index (χ2v) is 6.59. The third kappa shape index (κ3) is 3.29. The van der Waals surface area contributed by atoms with Gasteiger partial charge in [-0.25, -0.2) is 0 Å². The fourth-order valence-corrected chi connectivity index (χ4v) is 3.76. The molecule has 1 aromatic heterocycles. The molecule has 108 valence electrons. The van der Waals surface area contributed by atoms with Gasteiger partial charge in [-0.05, 0) is 56.0 Å². The van der Waals surface area contributed by atoms with Crippen LogP contribution in [0.25, 0.3) is 0 Å². The predicted molar refractivity (Wildman–Crippen MR) is 88.2 cm³/mol. The summed E-state index contributed by atoms with van der Waals surface area (Å²) < 4.78 is 0. The molecule has 0 bridgehead atoms. The molecule has 0 aliphatic rings. The van der Waals surface area contributed by atoms with Crippen molar-refractivity contribution in [3.63, 3.8) is 0 Å². The molecule has 2 nitrogen and oxygen atoms in total. The van der Waals surface area contributed by atoms with E-state index in [9.17, 15) is 0 Å². The van der Waals surface area contributed by atoms with E-state index in [1.807, 2.05) is 0 Å². The molecule has 0 saturated carbocycles. The summed E-state index contributed by atoms with van der Waals surface area (Å²) in [6.45, 7) is 8.13. The average molecular weight is 288 g/mol. The van der Waals surface area contributed by atoms with Crippen molar-refractivity contribution in [2.24, 2.45) is 5.73 Å². The van der Waals surface area contributed by atoms with Crippen LogP contribution < -0.4 is 5.73 Å². The Morgan fingerprint density at radius 1 is 1.20 bits per heavy atom. The van der Waals surface area contributed by atoms with Gasteiger partial charge in [0.25, 0.3) is 0 Å². The van der Waals surface area contributed by atoms with E-state index in [4.69, 9.17) is 5.73 Å². The van der Waals surface area contributed by atoms with Gasteiger partial charge in [0, 0.05) is 24.0 Å². The van der Waals surface area contributed by atoms with Crippen molar-refractivity contribution < 1.29 is 0 Å². The van der Waals surface area contributed by atoms with Gasteiger partial charge in [-0.15, -0.1) is 11.3 Å². The maximum Gasteiger partial charge on any atom is 0.0476 e. The van der Waals surface area contributed by atoms with E-state index in [2.05, 4.69) is 62.4 Å². The van der Waals surface area contributed by atoms with E-state index in [0.29, 0.717) is 6.54 Å². The predicted octanol–water partition coefficient (Wildman–Crippen LogP) is 3.81. The lowest BCUT2D eigenvalue weighted by molar-refractivity contribution is 0.242. The van der Waals surface area contributed by atoms with Crippen molar-refractivity contribution in [2.45, 2.75) is 33.4 Å². The quantitative estimate of drug-likeness (QED) is 0.906. The van der Waals surface area contributed by atoms with Gasteiger partial charge >= 0.3 is 0 Å². The molecule has 0 aliphatic carbocycles. The fraction of sp³-hybridized carbons (Fsp3) is 0.412. The molecule has 2 N–H and O–H groups in total. The van der Waals surface area contributed by atoms with Crippen LogP contribution in [0.1, 0.15) is 33.2 Å². The first-order chi connectivity index (χ1) is 9.52. The van der Waals surface area contributed by atoms with E-state index in [0.717, 1.165) is 6.54 Å². The van der Waals surface area contributed by atoms with Crippen molar-refractivity contribution in [3.05, 3.63) is 56.8 Å². The van der Waals surface area contributed by atoms with Crippen LogP contribution in [0, 0.1) is 20.8 Å². The van der Waals surface area contributed by atoms with Crippen LogP contribution in [0.15, 0.2) is 29.6 Å². The summed E-state index contributed by atoms with van der Waals surface area (Å²) in [5, 5.41) is 2.13. The highest BCUT2D eigenvalue weighted by atomic mass is 32.1. The van der Waals surface area contributed by atoms with E-state index >= 15 is 0 Å². The number of nitrogens with zero attached hydrogens (tertiary/aromatic N) is 1. The van der Waals surface area contributed by atoms with E-state index in [1.165, 1.54) is 27.1 Å². The third-order valence-corrected chi connectivity index (χ3v) is 4.67. The number of nitrogens with two attached hydrogens (primary N) is 1. The van der Waals surface area contributed by atoms with Crippen LogP contribution in [-0.2, 0) is 6.54 Å². The fourth-order valence-electron chi connectivity index (χ4n) is 2.99. The molecule has 1 unspecified atom stereocenters. The molecule has 2 rings (SSSR count). The minimum Gasteiger partial charge on any atom is -0.329 e. The van der Waals surface area contributed by atoms with Crippen LogP contribution in [0.3, 0.4) is 0 Å². The summed E-state index contributed by atoms with van der Waals surface area (Å²) in [4.78, 5) is 3.74. The molecule has 0 fully saturated rings. The van der Waals surface area contributed by atoms with Gasteiger partial charge in [0.1, 0.15) is 0 Å². The molecule has 0 radical (unpaired) electrons. The molecule has 3 heteroatoms. The lowest BCUT2D eigenvalue weighted by atomic mass is 9.93. The van der Waals surface area contributed by atoms with Crippen molar-refractivity contribution >= 4 is 11.3 Å². The number of hydrogen-bond acceptors (Lipinski definition) is 3. The first-order valence-electron chi connectivity index (χ1n) is 7.03. The Hall–Kier alpha value is -1.16. The van der Waals surface area contributed by atoms with Gasteiger partial charge in [-0.2, -0.15) is 0 Å². The Kier molecular flexibility index (Phi) is 4.97. The maximum atomic E-state index is 6.07. The molecule has 0 saturated heterocycles. The van der Waals surface area contributed by atoms with Crippen molar-refractivity contribution in [1.29, 1.82) is 0 Å². The smallest absolute Gasteiger partial charge is 0.0476 e. The van der Waals surface area contributed by atoms with Crippen LogP contribution in [-0.4, -0.2) is 18.5 Å². The SMILES string of the molecule is Cc1cc(C)c(C(CN)N(C)Cc2cccs2)c(C)c1. The molecule has 0 spiro atoms. The highest BCUT2D eigenvalue weighted by molar-refractivity contribution is 7.09. The lowest BCUT2D eigenvalue weighted by Gasteiger charge is -2.30. The van der Waals surface area contributed by atoms with Gasteiger partial charge in [0.15, 0.2) is 0 Å². The zero-order valence-corrected chi connectivity index (χ0v) is 13.6. The Bertz CT molecular complexity index is 537. The zero-order valence-electron chi connectivity index (χ0n) is 12.8. The first kappa shape index (κ1) is 15.2. The topological polar surface area (TPSA) is 29.3 Å². The standard InChI is InChI=1S/C17H24N2S/c1-12-8-13(2)17(14(3)9-12)16(10-18)19(4)11-15-6-5-7-20-15/h5-9,16H,10-11,18H2,1-4H3. The van der Waals surface area contributed by atoms with Crippen LogP contribution >= 0.6 is 11.3 Å². The summed E-state index contributed by atoms with van der Waals surface area (Å²) in [5.74, 6) is 0. The minimum absolute atomic E-state index is 0.276. The summed E-state index contributed by atoms with van der Waals surface area (Å²) >= 11 is 1.80. The normalized spacial score (nSPS) is 12.9. The molecule has 20 heavy (non-hydrogen) atoms. The van der Waals surface area contributed by atoms with Gasteiger partial charge in [0.2, 0.25) is 0 Å². The van der Waals surface area contributed by atoms with Gasteiger partial charge in [0.05, 0.1) is 0 Å². The van der Waals surface area contributed by atoms with Crippen molar-refractivity contribution in [1.82, 2.24) is 4.90 Å². The van der Waals surface area contributed by atoms with Crippen molar-refractivity contribution in [3.8, 4) is 0 Å². The number of aryl methyl sites for hydroxylation is 3. The number of thiophene rings is 1. The Balaban J connectivity index is 2.28. The van der Waals surface area contributed by atoms with Gasteiger partial charge < -0.3 is 5.73 Å². The van der Waals surface area contributed by atoms with Crippen molar-refractivity contribution in [2.75, 3.05) is 13.6 Å². The zero-order chi connectivity index (χ0) is 14.7. The third-order valence-electron chi connectivity index (χ3n) is 3.81. The molecule has 0 amide bonds. The van der Waals surface area contributed by atoms with E-state index in [1.54, 1.807) is 11.3 Å². The van der Waals surface area contributed by atoms with Crippen LogP contribution in [0.5, 0.6) is 0 Å². The first-order valence-corrected chi connectivity index (χ1v) is 7.91. The summed E-state index contributed by atoms with van der Waals surface area (Å²) in [7, 11) is 2.16. The maximum absolute atomic E-state index is 6.07. The van der Waals surface area contributed by atoms with Crippen LogP contribution in [0.4, 0.5) is 0 Å². The number of likely N-dealkylation sites (N-methyl/N-ethyl adjacent to an activating group) is 1. The minimum atomic E-state index is 0.276. The molecule has 2 aromatic rings. The molecule has 1 heterocycles.